The first-order chi connectivity index (χ1) is 3.65. The third-order valence-electron chi connectivity index (χ3n) is 0.0845. The fourth-order valence-corrected chi connectivity index (χ4v) is 0. The second-order valence-electron chi connectivity index (χ2n) is 0.932. The maximum absolute atomic E-state index is 9.00. The topological polar surface area (TPSA) is 57.5 Å². The number of carboxylic acid groups (broad SMARTS) is 1. The highest BCUT2D eigenvalue weighted by molar-refractivity contribution is 14.1. The van der Waals surface area contributed by atoms with Crippen LogP contribution in [0.2, 0.25) is 0 Å². The SMILES string of the molecule is CC(=O)O.OCCI. The van der Waals surface area contributed by atoms with Gasteiger partial charge in [-0.1, -0.05) is 22.6 Å². The molecule has 0 rings (SSSR count). The number of halogens is 1. The smallest absolute Gasteiger partial charge is 0.300 e. The van der Waals surface area contributed by atoms with Crippen LogP contribution in [0.1, 0.15) is 6.92 Å². The second-order valence-corrected chi connectivity index (χ2v) is 2.01. The normalized spacial score (nSPS) is 6.88. The highest BCUT2D eigenvalue weighted by atomic mass is 127. The molecule has 2 N–H and O–H groups in total. The summed E-state index contributed by atoms with van der Waals surface area (Å²) in [4.78, 5) is 9.00. The van der Waals surface area contributed by atoms with Crippen LogP contribution >= 0.6 is 22.6 Å². The number of rotatable bonds is 1. The fourth-order valence-electron chi connectivity index (χ4n) is 0. The first-order valence-corrected chi connectivity index (χ1v) is 3.54. The molecule has 0 aromatic rings. The summed E-state index contributed by atoms with van der Waals surface area (Å²) in [5.74, 6) is -0.833. The van der Waals surface area contributed by atoms with E-state index in [1.54, 1.807) is 0 Å². The Hall–Kier alpha value is 0.160. The van der Waals surface area contributed by atoms with Crippen molar-refractivity contribution in [3.63, 3.8) is 0 Å². The number of aliphatic hydroxyl groups is 1. The van der Waals surface area contributed by atoms with Gasteiger partial charge in [-0.15, -0.1) is 0 Å². The second kappa shape index (κ2) is 10.2. The lowest BCUT2D eigenvalue weighted by Gasteiger charge is -1.67. The molecule has 0 aromatic carbocycles. The molecular formula is C4H9IO3. The number of aliphatic hydroxyl groups excluding tert-OH is 1. The van der Waals surface area contributed by atoms with Gasteiger partial charge in [-0.3, -0.25) is 4.79 Å². The van der Waals surface area contributed by atoms with Gasteiger partial charge < -0.3 is 10.2 Å². The van der Waals surface area contributed by atoms with E-state index in [1.807, 2.05) is 0 Å². The van der Waals surface area contributed by atoms with Crippen molar-refractivity contribution in [2.24, 2.45) is 0 Å². The third-order valence-corrected chi connectivity index (χ3v) is 0.567. The lowest BCUT2D eigenvalue weighted by molar-refractivity contribution is -0.134. The number of aliphatic carboxylic acids is 1. The van der Waals surface area contributed by atoms with Gasteiger partial charge in [-0.2, -0.15) is 0 Å². The summed E-state index contributed by atoms with van der Waals surface area (Å²) < 4.78 is 0.845. The van der Waals surface area contributed by atoms with Crippen LogP contribution in [0.3, 0.4) is 0 Å². The number of carboxylic acids is 1. The molecule has 0 spiro atoms. The van der Waals surface area contributed by atoms with E-state index in [0.29, 0.717) is 6.61 Å². The Labute approximate surface area is 61.9 Å². The van der Waals surface area contributed by atoms with Crippen LogP contribution < -0.4 is 0 Å². The van der Waals surface area contributed by atoms with Gasteiger partial charge in [0.15, 0.2) is 0 Å². The van der Waals surface area contributed by atoms with Gasteiger partial charge in [0.05, 0.1) is 6.61 Å². The number of hydrogen-bond donors (Lipinski definition) is 2. The highest BCUT2D eigenvalue weighted by Gasteiger charge is 1.65. The lowest BCUT2D eigenvalue weighted by Crippen LogP contribution is -1.78. The molecule has 0 heterocycles. The first kappa shape index (κ1) is 11.0. The van der Waals surface area contributed by atoms with Crippen LogP contribution in [0.5, 0.6) is 0 Å². The molecule has 0 aliphatic carbocycles. The summed E-state index contributed by atoms with van der Waals surface area (Å²) in [6, 6.07) is 0. The van der Waals surface area contributed by atoms with Gasteiger partial charge in [0, 0.05) is 11.4 Å². The van der Waals surface area contributed by atoms with Crippen molar-refractivity contribution < 1.29 is 15.0 Å². The van der Waals surface area contributed by atoms with Crippen molar-refractivity contribution in [1.82, 2.24) is 0 Å². The van der Waals surface area contributed by atoms with E-state index in [-0.39, 0.29) is 0 Å². The molecular weight excluding hydrogens is 223 g/mol. The maximum Gasteiger partial charge on any atom is 0.300 e. The van der Waals surface area contributed by atoms with Crippen molar-refractivity contribution in [3.8, 4) is 0 Å². The van der Waals surface area contributed by atoms with E-state index in [1.165, 1.54) is 0 Å². The zero-order valence-electron chi connectivity index (χ0n) is 4.59. The van der Waals surface area contributed by atoms with Crippen molar-refractivity contribution in [2.75, 3.05) is 11.0 Å². The Morgan fingerprint density at radius 2 is 1.88 bits per heavy atom. The minimum absolute atomic E-state index is 0.306. The first-order valence-electron chi connectivity index (χ1n) is 2.01. The van der Waals surface area contributed by atoms with E-state index in [2.05, 4.69) is 22.6 Å². The predicted octanol–water partition coefficient (Wildman–Crippen LogP) is 0.505. The van der Waals surface area contributed by atoms with Crippen molar-refractivity contribution in [1.29, 1.82) is 0 Å². The van der Waals surface area contributed by atoms with Gasteiger partial charge in [0.2, 0.25) is 0 Å². The minimum atomic E-state index is -0.833. The molecule has 0 radical (unpaired) electrons. The van der Waals surface area contributed by atoms with E-state index >= 15 is 0 Å². The van der Waals surface area contributed by atoms with Crippen molar-refractivity contribution in [2.45, 2.75) is 6.92 Å². The zero-order chi connectivity index (χ0) is 6.99. The van der Waals surface area contributed by atoms with E-state index in [9.17, 15) is 0 Å². The Kier molecular flexibility index (Phi) is 14.1. The fraction of sp³-hybridized carbons (Fsp3) is 0.750. The van der Waals surface area contributed by atoms with Crippen LogP contribution in [-0.4, -0.2) is 27.2 Å². The van der Waals surface area contributed by atoms with Gasteiger partial charge >= 0.3 is 0 Å². The Balaban J connectivity index is 0. The summed E-state index contributed by atoms with van der Waals surface area (Å²) in [5.41, 5.74) is 0. The third kappa shape index (κ3) is 122. The number of hydrogen-bond acceptors (Lipinski definition) is 2. The molecule has 0 aromatic heterocycles. The van der Waals surface area contributed by atoms with E-state index < -0.39 is 5.97 Å². The molecule has 0 atom stereocenters. The predicted molar refractivity (Wildman–Crippen MR) is 39.3 cm³/mol. The Morgan fingerprint density at radius 1 is 1.75 bits per heavy atom. The molecule has 0 aliphatic rings. The molecule has 8 heavy (non-hydrogen) atoms. The minimum Gasteiger partial charge on any atom is -0.481 e. The van der Waals surface area contributed by atoms with Crippen LogP contribution in [0.15, 0.2) is 0 Å². The quantitative estimate of drug-likeness (QED) is 0.511. The van der Waals surface area contributed by atoms with Gasteiger partial charge in [-0.05, 0) is 0 Å². The Morgan fingerprint density at radius 3 is 1.88 bits per heavy atom. The standard InChI is InChI=1S/C2H5IO.C2H4O2/c3-1-2-4;1-2(3)4/h4H,1-2H2;1H3,(H,3,4). The van der Waals surface area contributed by atoms with Gasteiger partial charge in [-0.25, -0.2) is 0 Å². The molecule has 0 bridgehead atoms. The van der Waals surface area contributed by atoms with Gasteiger partial charge in [0.25, 0.3) is 5.97 Å². The van der Waals surface area contributed by atoms with Crippen LogP contribution in [-0.2, 0) is 4.79 Å². The zero-order valence-corrected chi connectivity index (χ0v) is 6.75. The molecule has 0 saturated carbocycles. The highest BCUT2D eigenvalue weighted by Crippen LogP contribution is 1.71. The number of alkyl halides is 1. The summed E-state index contributed by atoms with van der Waals surface area (Å²) in [5, 5.41) is 15.3. The summed E-state index contributed by atoms with van der Waals surface area (Å²) in [6.45, 7) is 1.39. The largest absolute Gasteiger partial charge is 0.481 e. The van der Waals surface area contributed by atoms with Gasteiger partial charge in [0.1, 0.15) is 0 Å². The van der Waals surface area contributed by atoms with Crippen LogP contribution in [0, 0.1) is 0 Å². The molecule has 3 nitrogen and oxygen atoms in total. The van der Waals surface area contributed by atoms with Crippen LogP contribution in [0.4, 0.5) is 0 Å². The maximum atomic E-state index is 9.00. The average molecular weight is 232 g/mol. The van der Waals surface area contributed by atoms with Crippen molar-refractivity contribution >= 4 is 28.6 Å². The summed E-state index contributed by atoms with van der Waals surface area (Å²) in [6.07, 6.45) is 0. The molecule has 4 heteroatoms. The van der Waals surface area contributed by atoms with E-state index in [0.717, 1.165) is 11.4 Å². The Bertz CT molecular complexity index is 49.2. The molecule has 0 fully saturated rings. The molecule has 0 saturated heterocycles. The van der Waals surface area contributed by atoms with Crippen LogP contribution in [0.25, 0.3) is 0 Å². The molecule has 0 amide bonds. The molecule has 0 aliphatic heterocycles. The van der Waals surface area contributed by atoms with Crippen molar-refractivity contribution in [3.05, 3.63) is 0 Å². The van der Waals surface area contributed by atoms with E-state index in [4.69, 9.17) is 15.0 Å². The monoisotopic (exact) mass is 232 g/mol. The lowest BCUT2D eigenvalue weighted by atomic mass is 10.9. The number of carbonyl (C=O) groups is 1. The summed E-state index contributed by atoms with van der Waals surface area (Å²) in [7, 11) is 0. The molecule has 0 unspecified atom stereocenters. The average Bonchev–Trinajstić information content (AvgIpc) is 1.65. The molecule has 50 valence electrons. The summed E-state index contributed by atoms with van der Waals surface area (Å²) >= 11 is 2.10.